The number of nitrogens with zero attached hydrogens (tertiary/aromatic N) is 1. The largest absolute Gasteiger partial charge is 0.304 e. The van der Waals surface area contributed by atoms with Crippen LogP contribution in [0.4, 0.5) is 5.69 Å². The molecule has 5 rings (SSSR count). The number of carbonyl (C=O) groups is 2. The van der Waals surface area contributed by atoms with Crippen LogP contribution in [0.2, 0.25) is 0 Å². The summed E-state index contributed by atoms with van der Waals surface area (Å²) in [5.41, 5.74) is 1.61. The summed E-state index contributed by atoms with van der Waals surface area (Å²) >= 11 is 0. The Bertz CT molecular complexity index is 667. The van der Waals surface area contributed by atoms with Crippen molar-refractivity contribution in [2.45, 2.75) is 49.5 Å². The number of hydrogen-bond donors (Lipinski definition) is 0. The van der Waals surface area contributed by atoms with Gasteiger partial charge in [-0.3, -0.25) is 9.59 Å². The zero-order chi connectivity index (χ0) is 13.5. The number of Topliss-reactive ketones (excluding diaryl/α,β-unsaturated/α-hetero) is 1. The van der Waals surface area contributed by atoms with Crippen LogP contribution in [0.25, 0.3) is 0 Å². The van der Waals surface area contributed by atoms with Crippen LogP contribution in [-0.2, 0) is 15.0 Å². The molecule has 20 heavy (non-hydrogen) atoms. The van der Waals surface area contributed by atoms with E-state index in [1.54, 1.807) is 0 Å². The Labute approximate surface area is 118 Å². The van der Waals surface area contributed by atoms with E-state index in [1.807, 2.05) is 23.1 Å². The summed E-state index contributed by atoms with van der Waals surface area (Å²) in [6, 6.07) is 8.13. The van der Waals surface area contributed by atoms with Gasteiger partial charge >= 0.3 is 0 Å². The van der Waals surface area contributed by atoms with Gasteiger partial charge in [0, 0.05) is 18.5 Å². The Hall–Kier alpha value is -1.64. The molecule has 3 nitrogen and oxygen atoms in total. The van der Waals surface area contributed by atoms with Crippen LogP contribution in [0.3, 0.4) is 0 Å². The lowest BCUT2D eigenvalue weighted by Crippen LogP contribution is -2.77. The van der Waals surface area contributed by atoms with Crippen molar-refractivity contribution in [3.63, 3.8) is 0 Å². The van der Waals surface area contributed by atoms with E-state index >= 15 is 0 Å². The van der Waals surface area contributed by atoms with Crippen molar-refractivity contribution in [1.29, 1.82) is 0 Å². The van der Waals surface area contributed by atoms with Gasteiger partial charge < -0.3 is 4.90 Å². The van der Waals surface area contributed by atoms with Gasteiger partial charge in [0.2, 0.25) is 5.91 Å². The van der Waals surface area contributed by atoms with Gasteiger partial charge in [-0.05, 0) is 43.2 Å². The fraction of sp³-hybridized carbons (Fsp3) is 0.529. The number of hydrogen-bond acceptors (Lipinski definition) is 2. The number of carbonyl (C=O) groups excluding carboxylic acids is 2. The molecule has 0 N–H and O–H groups in total. The fourth-order valence-corrected chi connectivity index (χ4v) is 5.77. The molecule has 1 aromatic carbocycles. The summed E-state index contributed by atoms with van der Waals surface area (Å²) in [7, 11) is 0. The number of ketones is 1. The lowest BCUT2D eigenvalue weighted by atomic mass is 9.41. The molecule has 0 aromatic heterocycles. The standard InChI is InChI=1S/C17H17NO2/c19-14-6-3-9-17-11-7-8-15(20)18(17)13-5-2-1-4-12(13)16(14,17)10-11/h1-2,4-5,11H,3,6-10H2/t11-,16-,17-/m0/s1. The highest BCUT2D eigenvalue weighted by Gasteiger charge is 2.78. The second-order valence-electron chi connectivity index (χ2n) is 6.79. The van der Waals surface area contributed by atoms with Crippen LogP contribution >= 0.6 is 0 Å². The van der Waals surface area contributed by atoms with Crippen molar-refractivity contribution in [3.05, 3.63) is 29.8 Å². The van der Waals surface area contributed by atoms with Gasteiger partial charge in [-0.1, -0.05) is 18.2 Å². The average Bonchev–Trinajstić information content (AvgIpc) is 2.68. The third-order valence-corrected chi connectivity index (χ3v) is 6.36. The van der Waals surface area contributed by atoms with Crippen LogP contribution in [0.1, 0.15) is 44.1 Å². The first kappa shape index (κ1) is 11.1. The summed E-state index contributed by atoms with van der Waals surface area (Å²) in [6.07, 6.45) is 5.21. The van der Waals surface area contributed by atoms with Gasteiger partial charge in [0.25, 0.3) is 0 Å². The number of amides is 1. The molecular formula is C17H17NO2. The number of piperidine rings is 1. The van der Waals surface area contributed by atoms with Crippen molar-refractivity contribution in [3.8, 4) is 0 Å². The smallest absolute Gasteiger partial charge is 0.227 e. The number of benzene rings is 1. The van der Waals surface area contributed by atoms with Gasteiger partial charge in [-0.15, -0.1) is 0 Å². The molecule has 0 bridgehead atoms. The zero-order valence-corrected chi connectivity index (χ0v) is 11.4. The molecule has 1 amide bonds. The van der Waals surface area contributed by atoms with Gasteiger partial charge in [0.05, 0.1) is 11.0 Å². The Morgan fingerprint density at radius 3 is 2.90 bits per heavy atom. The van der Waals surface area contributed by atoms with Crippen molar-refractivity contribution < 1.29 is 9.59 Å². The molecule has 3 heteroatoms. The summed E-state index contributed by atoms with van der Waals surface area (Å²) < 4.78 is 0. The van der Waals surface area contributed by atoms with Crippen molar-refractivity contribution in [1.82, 2.24) is 0 Å². The maximum Gasteiger partial charge on any atom is 0.227 e. The molecule has 3 fully saturated rings. The van der Waals surface area contributed by atoms with Gasteiger partial charge in [-0.25, -0.2) is 0 Å². The van der Waals surface area contributed by atoms with Crippen LogP contribution in [-0.4, -0.2) is 17.2 Å². The molecule has 2 aliphatic carbocycles. The first-order chi connectivity index (χ1) is 9.72. The lowest BCUT2D eigenvalue weighted by Gasteiger charge is -2.66. The molecule has 2 aliphatic heterocycles. The summed E-state index contributed by atoms with van der Waals surface area (Å²) in [4.78, 5) is 27.4. The third kappa shape index (κ3) is 0.851. The molecular weight excluding hydrogens is 250 g/mol. The third-order valence-electron chi connectivity index (χ3n) is 6.36. The quantitative estimate of drug-likeness (QED) is 0.724. The molecule has 1 saturated heterocycles. The first-order valence-electron chi connectivity index (χ1n) is 7.68. The predicted molar refractivity (Wildman–Crippen MR) is 74.5 cm³/mol. The number of anilines is 1. The van der Waals surface area contributed by atoms with E-state index in [-0.39, 0.29) is 16.9 Å². The maximum atomic E-state index is 12.8. The molecule has 0 radical (unpaired) electrons. The SMILES string of the molecule is O=C1CC[C@H]2C[C@]34C(=O)CCC[C@]23N1c1ccccc14. The van der Waals surface area contributed by atoms with Gasteiger partial charge in [-0.2, -0.15) is 0 Å². The van der Waals surface area contributed by atoms with E-state index in [2.05, 4.69) is 6.07 Å². The second kappa shape index (κ2) is 3.16. The summed E-state index contributed by atoms with van der Waals surface area (Å²) in [5, 5.41) is 0. The molecule has 0 unspecified atom stereocenters. The van der Waals surface area contributed by atoms with Crippen molar-refractivity contribution >= 4 is 17.4 Å². The van der Waals surface area contributed by atoms with E-state index in [1.165, 1.54) is 0 Å². The highest BCUT2D eigenvalue weighted by Crippen LogP contribution is 2.72. The molecule has 1 spiro atoms. The maximum absolute atomic E-state index is 12.8. The van der Waals surface area contributed by atoms with Crippen LogP contribution in [0, 0.1) is 5.92 Å². The highest BCUT2D eigenvalue weighted by atomic mass is 16.2. The number of para-hydroxylation sites is 1. The van der Waals surface area contributed by atoms with Gasteiger partial charge in [0.15, 0.2) is 0 Å². The monoisotopic (exact) mass is 267 g/mol. The van der Waals surface area contributed by atoms with Gasteiger partial charge in [0.1, 0.15) is 5.78 Å². The van der Waals surface area contributed by atoms with E-state index in [4.69, 9.17) is 0 Å². The average molecular weight is 267 g/mol. The van der Waals surface area contributed by atoms with E-state index in [0.717, 1.165) is 36.9 Å². The summed E-state index contributed by atoms with van der Waals surface area (Å²) in [6.45, 7) is 0. The summed E-state index contributed by atoms with van der Waals surface area (Å²) in [5.74, 6) is 1.13. The van der Waals surface area contributed by atoms with E-state index in [9.17, 15) is 9.59 Å². The topological polar surface area (TPSA) is 37.4 Å². The Balaban J connectivity index is 1.86. The Kier molecular flexibility index (Phi) is 1.75. The molecule has 1 aromatic rings. The minimum absolute atomic E-state index is 0.193. The molecule has 2 saturated carbocycles. The molecule has 3 atom stereocenters. The Morgan fingerprint density at radius 2 is 2.00 bits per heavy atom. The zero-order valence-electron chi connectivity index (χ0n) is 11.4. The number of rotatable bonds is 0. The molecule has 102 valence electrons. The minimum atomic E-state index is -0.359. The molecule has 2 heterocycles. The van der Waals surface area contributed by atoms with Crippen LogP contribution in [0.5, 0.6) is 0 Å². The number of fused-ring (bicyclic) bond motifs is 2. The molecule has 4 aliphatic rings. The fourth-order valence-electron chi connectivity index (χ4n) is 5.77. The van der Waals surface area contributed by atoms with E-state index < -0.39 is 0 Å². The first-order valence-corrected chi connectivity index (χ1v) is 7.68. The predicted octanol–water partition coefficient (Wildman–Crippen LogP) is 2.58. The van der Waals surface area contributed by atoms with E-state index in [0.29, 0.717) is 24.5 Å². The Morgan fingerprint density at radius 1 is 1.15 bits per heavy atom. The van der Waals surface area contributed by atoms with Crippen molar-refractivity contribution in [2.75, 3.05) is 4.90 Å². The van der Waals surface area contributed by atoms with Crippen LogP contribution < -0.4 is 4.90 Å². The van der Waals surface area contributed by atoms with Crippen molar-refractivity contribution in [2.24, 2.45) is 5.92 Å². The highest BCUT2D eigenvalue weighted by molar-refractivity contribution is 6.08. The van der Waals surface area contributed by atoms with Crippen LogP contribution in [0.15, 0.2) is 24.3 Å². The lowest BCUT2D eigenvalue weighted by molar-refractivity contribution is -0.149. The normalized spacial score (nSPS) is 40.8. The second-order valence-corrected chi connectivity index (χ2v) is 6.79. The minimum Gasteiger partial charge on any atom is -0.304 e.